The molecule has 0 aromatic heterocycles. The zero-order valence-corrected chi connectivity index (χ0v) is 17.2. The average molecular weight is 408 g/mol. The Labute approximate surface area is 175 Å². The van der Waals surface area contributed by atoms with E-state index in [-0.39, 0.29) is 6.42 Å². The summed E-state index contributed by atoms with van der Waals surface area (Å²) in [6.45, 7) is 3.64. The number of hydrogen-bond acceptors (Lipinski definition) is 6. The van der Waals surface area contributed by atoms with Crippen molar-refractivity contribution in [3.05, 3.63) is 65.7 Å². The Morgan fingerprint density at radius 1 is 1.20 bits per heavy atom. The molecule has 1 fully saturated rings. The standard InChI is InChI=1S/C23H24N2O5/c1-23(2)20(12-15-8-5-4-6-9-15)25(22(27)29-23)21(26)19-14-18(24-30-19)16-10-7-11-17(13-16)28-3/h4-11,13,19-20H,12,14H2,1-3H3/t19-,20-/m0/s1. The molecule has 2 aromatic carbocycles. The van der Waals surface area contributed by atoms with Crippen LogP contribution in [0, 0.1) is 0 Å². The van der Waals surface area contributed by atoms with Crippen LogP contribution in [0.15, 0.2) is 59.8 Å². The Balaban J connectivity index is 1.52. The predicted molar refractivity (Wildman–Crippen MR) is 110 cm³/mol. The number of benzene rings is 2. The quantitative estimate of drug-likeness (QED) is 0.756. The summed E-state index contributed by atoms with van der Waals surface area (Å²) >= 11 is 0. The highest BCUT2D eigenvalue weighted by molar-refractivity contribution is 6.06. The van der Waals surface area contributed by atoms with Gasteiger partial charge in [-0.15, -0.1) is 0 Å². The first kappa shape index (κ1) is 19.9. The van der Waals surface area contributed by atoms with Crippen LogP contribution < -0.4 is 4.74 Å². The highest BCUT2D eigenvalue weighted by Crippen LogP contribution is 2.34. The Hall–Kier alpha value is -3.35. The van der Waals surface area contributed by atoms with E-state index in [1.54, 1.807) is 7.11 Å². The molecule has 0 spiro atoms. The van der Waals surface area contributed by atoms with Crippen LogP contribution in [0.1, 0.15) is 31.4 Å². The maximum absolute atomic E-state index is 13.2. The van der Waals surface area contributed by atoms with Crippen molar-refractivity contribution in [3.63, 3.8) is 0 Å². The highest BCUT2D eigenvalue weighted by atomic mass is 16.6. The van der Waals surface area contributed by atoms with E-state index in [1.807, 2.05) is 68.4 Å². The summed E-state index contributed by atoms with van der Waals surface area (Å²) in [6.07, 6.45) is -0.745. The third kappa shape index (κ3) is 3.75. The van der Waals surface area contributed by atoms with Gasteiger partial charge in [0.25, 0.3) is 5.91 Å². The molecular formula is C23H24N2O5. The van der Waals surface area contributed by atoms with E-state index >= 15 is 0 Å². The van der Waals surface area contributed by atoms with Gasteiger partial charge in [0.15, 0.2) is 0 Å². The van der Waals surface area contributed by atoms with Gasteiger partial charge < -0.3 is 14.3 Å². The minimum atomic E-state index is -0.870. The van der Waals surface area contributed by atoms with Crippen molar-refractivity contribution in [2.24, 2.45) is 5.16 Å². The van der Waals surface area contributed by atoms with Gasteiger partial charge >= 0.3 is 6.09 Å². The fourth-order valence-electron chi connectivity index (χ4n) is 3.84. The first-order chi connectivity index (χ1) is 14.4. The molecule has 2 amide bonds. The summed E-state index contributed by atoms with van der Waals surface area (Å²) < 4.78 is 10.8. The lowest BCUT2D eigenvalue weighted by molar-refractivity contribution is -0.140. The van der Waals surface area contributed by atoms with Crippen LogP contribution in [-0.2, 0) is 20.8 Å². The van der Waals surface area contributed by atoms with Crippen LogP contribution in [0.25, 0.3) is 0 Å². The van der Waals surface area contributed by atoms with Gasteiger partial charge in [0.2, 0.25) is 6.10 Å². The van der Waals surface area contributed by atoms with Crippen LogP contribution in [0.5, 0.6) is 5.75 Å². The maximum atomic E-state index is 13.2. The molecule has 2 aliphatic heterocycles. The molecule has 7 nitrogen and oxygen atoms in total. The fourth-order valence-corrected chi connectivity index (χ4v) is 3.84. The molecule has 2 aliphatic rings. The molecule has 30 heavy (non-hydrogen) atoms. The SMILES string of the molecule is COc1cccc(C2=NO[C@H](C(=O)N3C(=O)OC(C)(C)[C@@H]3Cc3ccccc3)C2)c1. The number of ether oxygens (including phenoxy) is 2. The minimum Gasteiger partial charge on any atom is -0.497 e. The number of cyclic esters (lactones) is 1. The van der Waals surface area contributed by atoms with Crippen LogP contribution in [0.3, 0.4) is 0 Å². The van der Waals surface area contributed by atoms with Crippen LogP contribution in [-0.4, -0.2) is 47.5 Å². The van der Waals surface area contributed by atoms with Gasteiger partial charge in [-0.05, 0) is 38.0 Å². The number of rotatable bonds is 5. The Kier molecular flexibility index (Phi) is 5.20. The van der Waals surface area contributed by atoms with Gasteiger partial charge in [0.1, 0.15) is 11.4 Å². The second kappa shape index (κ2) is 7.82. The highest BCUT2D eigenvalue weighted by Gasteiger charge is 2.52. The normalized spacial score (nSPS) is 22.3. The number of amides is 2. The molecule has 0 bridgehead atoms. The van der Waals surface area contributed by atoms with Crippen LogP contribution in [0.4, 0.5) is 4.79 Å². The van der Waals surface area contributed by atoms with Crippen molar-refractivity contribution in [1.29, 1.82) is 0 Å². The van der Waals surface area contributed by atoms with E-state index in [9.17, 15) is 9.59 Å². The third-order valence-corrected chi connectivity index (χ3v) is 5.52. The van der Waals surface area contributed by atoms with Crippen molar-refractivity contribution in [2.75, 3.05) is 7.11 Å². The molecule has 0 unspecified atom stereocenters. The molecule has 2 heterocycles. The molecule has 0 aliphatic carbocycles. The average Bonchev–Trinajstić information content (AvgIpc) is 3.31. The summed E-state index contributed by atoms with van der Waals surface area (Å²) in [4.78, 5) is 32.5. The van der Waals surface area contributed by atoms with Gasteiger partial charge in [-0.1, -0.05) is 47.6 Å². The summed E-state index contributed by atoms with van der Waals surface area (Å²) in [7, 11) is 1.59. The summed E-state index contributed by atoms with van der Waals surface area (Å²) in [5, 5.41) is 4.09. The number of carbonyl (C=O) groups is 2. The first-order valence-electron chi connectivity index (χ1n) is 9.86. The fraction of sp³-hybridized carbons (Fsp3) is 0.348. The lowest BCUT2D eigenvalue weighted by Gasteiger charge is -2.28. The van der Waals surface area contributed by atoms with Crippen molar-refractivity contribution in [1.82, 2.24) is 4.90 Å². The van der Waals surface area contributed by atoms with Crippen LogP contribution >= 0.6 is 0 Å². The van der Waals surface area contributed by atoms with Crippen LogP contribution in [0.2, 0.25) is 0 Å². The summed E-state index contributed by atoms with van der Waals surface area (Å²) in [6, 6.07) is 16.7. The van der Waals surface area contributed by atoms with Crippen molar-refractivity contribution in [3.8, 4) is 5.75 Å². The number of hydrogen-bond donors (Lipinski definition) is 0. The van der Waals surface area contributed by atoms with Gasteiger partial charge in [-0.25, -0.2) is 9.69 Å². The van der Waals surface area contributed by atoms with E-state index in [2.05, 4.69) is 5.16 Å². The topological polar surface area (TPSA) is 77.4 Å². The molecular weight excluding hydrogens is 384 g/mol. The third-order valence-electron chi connectivity index (χ3n) is 5.52. The zero-order chi connectivity index (χ0) is 21.3. The first-order valence-corrected chi connectivity index (χ1v) is 9.86. The zero-order valence-electron chi connectivity index (χ0n) is 17.2. The predicted octanol–water partition coefficient (Wildman–Crippen LogP) is 3.56. The van der Waals surface area contributed by atoms with Gasteiger partial charge in [0.05, 0.1) is 18.9 Å². The minimum absolute atomic E-state index is 0.272. The number of oxime groups is 1. The smallest absolute Gasteiger partial charge is 0.417 e. The Morgan fingerprint density at radius 2 is 1.97 bits per heavy atom. The van der Waals surface area contributed by atoms with Crippen molar-refractivity contribution in [2.45, 2.75) is 44.4 Å². The second-order valence-corrected chi connectivity index (χ2v) is 7.95. The molecule has 1 saturated heterocycles. The molecule has 2 atom stereocenters. The molecule has 4 rings (SSSR count). The van der Waals surface area contributed by atoms with E-state index in [4.69, 9.17) is 14.3 Å². The van der Waals surface area contributed by atoms with E-state index in [1.165, 1.54) is 4.90 Å². The van der Waals surface area contributed by atoms with Gasteiger partial charge in [0, 0.05) is 12.0 Å². The largest absolute Gasteiger partial charge is 0.497 e. The Morgan fingerprint density at radius 3 is 2.70 bits per heavy atom. The molecule has 0 saturated carbocycles. The molecule has 156 valence electrons. The molecule has 0 N–H and O–H groups in total. The molecule has 0 radical (unpaired) electrons. The summed E-state index contributed by atoms with van der Waals surface area (Å²) in [5.41, 5.74) is 1.67. The van der Waals surface area contributed by atoms with Gasteiger partial charge in [-0.2, -0.15) is 0 Å². The second-order valence-electron chi connectivity index (χ2n) is 7.95. The van der Waals surface area contributed by atoms with E-state index in [0.717, 1.165) is 11.1 Å². The number of methoxy groups -OCH3 is 1. The van der Waals surface area contributed by atoms with E-state index in [0.29, 0.717) is 17.9 Å². The number of carbonyl (C=O) groups excluding carboxylic acids is 2. The summed E-state index contributed by atoms with van der Waals surface area (Å²) in [5.74, 6) is 0.255. The van der Waals surface area contributed by atoms with E-state index < -0.39 is 29.7 Å². The molecule has 7 heteroatoms. The lowest BCUT2D eigenvalue weighted by atomic mass is 9.91. The van der Waals surface area contributed by atoms with Crippen molar-refractivity contribution < 1.29 is 23.9 Å². The Bertz CT molecular complexity index is 986. The van der Waals surface area contributed by atoms with Gasteiger partial charge in [-0.3, -0.25) is 4.79 Å². The number of nitrogens with zero attached hydrogens (tertiary/aromatic N) is 2. The monoisotopic (exact) mass is 408 g/mol. The maximum Gasteiger partial charge on any atom is 0.417 e. The lowest BCUT2D eigenvalue weighted by Crippen LogP contribution is -2.49. The molecule has 2 aromatic rings. The van der Waals surface area contributed by atoms with Crippen molar-refractivity contribution >= 4 is 17.7 Å². The number of imide groups is 1.